The number of hydrogen-bond donors (Lipinski definition) is 2. The van der Waals surface area contributed by atoms with Gasteiger partial charge in [0.25, 0.3) is 0 Å². The molecule has 1 aromatic rings. The van der Waals surface area contributed by atoms with E-state index in [1.807, 2.05) is 0 Å². The fraction of sp³-hybridized carbons (Fsp3) is 0.647. The first-order valence-electron chi connectivity index (χ1n) is 7.48. The average molecular weight is 260 g/mol. The highest BCUT2D eigenvalue weighted by atomic mass is 14.9. The fourth-order valence-electron chi connectivity index (χ4n) is 3.14. The van der Waals surface area contributed by atoms with Crippen LogP contribution in [0.1, 0.15) is 41.5 Å². The van der Waals surface area contributed by atoms with E-state index in [0.717, 1.165) is 19.6 Å². The summed E-state index contributed by atoms with van der Waals surface area (Å²) in [5.41, 5.74) is 6.17. The second kappa shape index (κ2) is 6.06. The molecule has 0 aromatic heterocycles. The molecule has 1 fully saturated rings. The molecular formula is C17H28N2. The first kappa shape index (κ1) is 14.5. The molecule has 1 aliphatic rings. The van der Waals surface area contributed by atoms with E-state index in [1.54, 1.807) is 0 Å². The van der Waals surface area contributed by atoms with Gasteiger partial charge in [0.05, 0.1) is 0 Å². The number of benzene rings is 1. The van der Waals surface area contributed by atoms with Crippen molar-refractivity contribution in [3.8, 4) is 0 Å². The third-order valence-corrected chi connectivity index (χ3v) is 4.73. The molecule has 2 N–H and O–H groups in total. The van der Waals surface area contributed by atoms with Gasteiger partial charge in [-0.15, -0.1) is 0 Å². The van der Waals surface area contributed by atoms with Gasteiger partial charge in [-0.1, -0.05) is 18.6 Å². The highest BCUT2D eigenvalue weighted by molar-refractivity contribution is 5.36. The van der Waals surface area contributed by atoms with Crippen LogP contribution in [0.25, 0.3) is 0 Å². The molecule has 2 rings (SSSR count). The molecule has 2 heteroatoms. The molecule has 0 bridgehead atoms. The number of nitrogens with one attached hydrogen (secondary N) is 2. The van der Waals surface area contributed by atoms with Crippen LogP contribution < -0.4 is 10.6 Å². The second-order valence-corrected chi connectivity index (χ2v) is 6.35. The summed E-state index contributed by atoms with van der Waals surface area (Å²) in [6, 6.07) is 4.64. The zero-order chi connectivity index (χ0) is 13.9. The van der Waals surface area contributed by atoms with Crippen LogP contribution in [0.15, 0.2) is 12.1 Å². The summed E-state index contributed by atoms with van der Waals surface area (Å²) in [6.07, 6.45) is 4.13. The van der Waals surface area contributed by atoms with Crippen LogP contribution in [-0.4, -0.2) is 20.1 Å². The first-order chi connectivity index (χ1) is 9.06. The Kier molecular flexibility index (Phi) is 4.64. The molecule has 0 atom stereocenters. The Morgan fingerprint density at radius 2 is 1.68 bits per heavy atom. The van der Waals surface area contributed by atoms with E-state index in [2.05, 4.69) is 50.6 Å². The van der Waals surface area contributed by atoms with E-state index in [-0.39, 0.29) is 0 Å². The van der Waals surface area contributed by atoms with Crippen molar-refractivity contribution in [2.45, 2.75) is 46.6 Å². The van der Waals surface area contributed by atoms with E-state index in [1.165, 1.54) is 41.5 Å². The van der Waals surface area contributed by atoms with Crippen LogP contribution in [-0.2, 0) is 6.54 Å². The van der Waals surface area contributed by atoms with Crippen molar-refractivity contribution < 1.29 is 0 Å². The Morgan fingerprint density at radius 3 is 2.26 bits per heavy atom. The van der Waals surface area contributed by atoms with E-state index in [4.69, 9.17) is 0 Å². The largest absolute Gasteiger partial charge is 0.319 e. The van der Waals surface area contributed by atoms with Crippen molar-refractivity contribution in [3.63, 3.8) is 0 Å². The van der Waals surface area contributed by atoms with Crippen LogP contribution in [0.2, 0.25) is 0 Å². The lowest BCUT2D eigenvalue weighted by Crippen LogP contribution is -2.46. The highest BCUT2D eigenvalue weighted by Gasteiger charge is 2.35. The molecule has 0 aliphatic heterocycles. The number of rotatable bonds is 6. The SMILES string of the molecule is CNCC1(CNCc2cc(C)c(C)cc2C)CCC1. The average Bonchev–Trinajstić information content (AvgIpc) is 2.32. The molecule has 1 aromatic carbocycles. The quantitative estimate of drug-likeness (QED) is 0.821. The van der Waals surface area contributed by atoms with Gasteiger partial charge in [0, 0.05) is 19.6 Å². The zero-order valence-electron chi connectivity index (χ0n) is 12.9. The monoisotopic (exact) mass is 260 g/mol. The third-order valence-electron chi connectivity index (χ3n) is 4.73. The molecule has 0 heterocycles. The van der Waals surface area contributed by atoms with Crippen LogP contribution in [0, 0.1) is 26.2 Å². The van der Waals surface area contributed by atoms with E-state index in [9.17, 15) is 0 Å². The summed E-state index contributed by atoms with van der Waals surface area (Å²) < 4.78 is 0. The van der Waals surface area contributed by atoms with Crippen LogP contribution in [0.5, 0.6) is 0 Å². The third kappa shape index (κ3) is 3.37. The van der Waals surface area contributed by atoms with Crippen LogP contribution in [0.3, 0.4) is 0 Å². The van der Waals surface area contributed by atoms with Crippen LogP contribution in [0.4, 0.5) is 0 Å². The Morgan fingerprint density at radius 1 is 1.00 bits per heavy atom. The van der Waals surface area contributed by atoms with Crippen molar-refractivity contribution in [1.29, 1.82) is 0 Å². The summed E-state index contributed by atoms with van der Waals surface area (Å²) in [6.45, 7) is 9.89. The Balaban J connectivity index is 1.90. The van der Waals surface area contributed by atoms with Gasteiger partial charge in [0.1, 0.15) is 0 Å². The molecular weight excluding hydrogens is 232 g/mol. The Labute approximate surface area is 118 Å². The Bertz CT molecular complexity index is 433. The maximum absolute atomic E-state index is 3.68. The van der Waals surface area contributed by atoms with Gasteiger partial charge >= 0.3 is 0 Å². The summed E-state index contributed by atoms with van der Waals surface area (Å²) in [5.74, 6) is 0. The summed E-state index contributed by atoms with van der Waals surface area (Å²) in [7, 11) is 2.06. The second-order valence-electron chi connectivity index (χ2n) is 6.35. The first-order valence-corrected chi connectivity index (χ1v) is 7.48. The standard InChI is InChI=1S/C17H28N2/c1-13-8-15(3)16(9-14(13)2)10-19-12-17(11-18-4)6-5-7-17/h8-9,18-19H,5-7,10-12H2,1-4H3. The molecule has 1 saturated carbocycles. The maximum Gasteiger partial charge on any atom is 0.0208 e. The van der Waals surface area contributed by atoms with Crippen molar-refractivity contribution in [2.75, 3.05) is 20.1 Å². The smallest absolute Gasteiger partial charge is 0.0208 e. The van der Waals surface area contributed by atoms with E-state index < -0.39 is 0 Å². The van der Waals surface area contributed by atoms with Crippen molar-refractivity contribution in [3.05, 3.63) is 34.4 Å². The lowest BCUT2D eigenvalue weighted by Gasteiger charge is -2.42. The number of aryl methyl sites for hydroxylation is 3. The maximum atomic E-state index is 3.68. The highest BCUT2D eigenvalue weighted by Crippen LogP contribution is 2.39. The van der Waals surface area contributed by atoms with Gasteiger partial charge in [-0.3, -0.25) is 0 Å². The van der Waals surface area contributed by atoms with Gasteiger partial charge in [-0.2, -0.15) is 0 Å². The molecule has 106 valence electrons. The Hall–Kier alpha value is -0.860. The lowest BCUT2D eigenvalue weighted by molar-refractivity contribution is 0.130. The van der Waals surface area contributed by atoms with Gasteiger partial charge < -0.3 is 10.6 Å². The molecule has 2 nitrogen and oxygen atoms in total. The minimum absolute atomic E-state index is 0.516. The molecule has 0 saturated heterocycles. The van der Waals surface area contributed by atoms with Crippen LogP contribution >= 0.6 is 0 Å². The van der Waals surface area contributed by atoms with E-state index in [0.29, 0.717) is 5.41 Å². The predicted octanol–water partition coefficient (Wildman–Crippen LogP) is 3.09. The summed E-state index contributed by atoms with van der Waals surface area (Å²) in [5, 5.41) is 7.02. The fourth-order valence-corrected chi connectivity index (χ4v) is 3.14. The number of hydrogen-bond acceptors (Lipinski definition) is 2. The topological polar surface area (TPSA) is 24.1 Å². The minimum Gasteiger partial charge on any atom is -0.319 e. The molecule has 0 radical (unpaired) electrons. The minimum atomic E-state index is 0.516. The molecule has 0 amide bonds. The van der Waals surface area contributed by atoms with Crippen molar-refractivity contribution in [1.82, 2.24) is 10.6 Å². The van der Waals surface area contributed by atoms with E-state index >= 15 is 0 Å². The van der Waals surface area contributed by atoms with Crippen molar-refractivity contribution >= 4 is 0 Å². The molecule has 0 unspecified atom stereocenters. The summed E-state index contributed by atoms with van der Waals surface area (Å²) >= 11 is 0. The van der Waals surface area contributed by atoms with Crippen molar-refractivity contribution in [2.24, 2.45) is 5.41 Å². The summed E-state index contributed by atoms with van der Waals surface area (Å²) in [4.78, 5) is 0. The molecule has 0 spiro atoms. The molecule has 1 aliphatic carbocycles. The van der Waals surface area contributed by atoms with Gasteiger partial charge in [0.15, 0.2) is 0 Å². The predicted molar refractivity (Wildman–Crippen MR) is 82.6 cm³/mol. The zero-order valence-corrected chi connectivity index (χ0v) is 12.9. The lowest BCUT2D eigenvalue weighted by atomic mass is 9.68. The normalized spacial score (nSPS) is 17.3. The molecule has 19 heavy (non-hydrogen) atoms. The van der Waals surface area contributed by atoms with Gasteiger partial charge in [0.2, 0.25) is 0 Å². The van der Waals surface area contributed by atoms with Gasteiger partial charge in [-0.25, -0.2) is 0 Å². The van der Waals surface area contributed by atoms with Gasteiger partial charge in [-0.05, 0) is 68.3 Å².